The molecule has 0 aromatic rings. The van der Waals surface area contributed by atoms with E-state index in [-0.39, 0.29) is 25.2 Å². The fourth-order valence-corrected chi connectivity index (χ4v) is 5.70. The van der Waals surface area contributed by atoms with Crippen LogP contribution >= 0.6 is 7.60 Å². The summed E-state index contributed by atoms with van der Waals surface area (Å²) in [6.07, 6.45) is 7.07. The first kappa shape index (κ1) is 21.4. The number of ether oxygens (including phenoxy) is 2. The number of esters is 2. The van der Waals surface area contributed by atoms with Gasteiger partial charge < -0.3 is 18.5 Å². The Kier molecular flexibility index (Phi) is 7.68. The Balaban J connectivity index is 2.06. The zero-order chi connectivity index (χ0) is 19.2. The molecule has 150 valence electrons. The van der Waals surface area contributed by atoms with Gasteiger partial charge in [0.1, 0.15) is 5.60 Å². The van der Waals surface area contributed by atoms with Gasteiger partial charge in [-0.2, -0.15) is 0 Å². The zero-order valence-corrected chi connectivity index (χ0v) is 16.9. The van der Waals surface area contributed by atoms with E-state index in [1.807, 2.05) is 0 Å². The molecule has 0 N–H and O–H groups in total. The van der Waals surface area contributed by atoms with Gasteiger partial charge in [0.2, 0.25) is 0 Å². The minimum absolute atomic E-state index is 0.103. The second-order valence-electron chi connectivity index (χ2n) is 6.99. The van der Waals surface area contributed by atoms with Crippen molar-refractivity contribution >= 4 is 19.5 Å². The van der Waals surface area contributed by atoms with E-state index in [2.05, 4.69) is 0 Å². The van der Waals surface area contributed by atoms with E-state index in [1.54, 1.807) is 13.8 Å². The second kappa shape index (κ2) is 9.34. The Morgan fingerprint density at radius 3 is 2.12 bits per heavy atom. The molecule has 0 heterocycles. The van der Waals surface area contributed by atoms with E-state index in [0.29, 0.717) is 5.92 Å². The van der Waals surface area contributed by atoms with Gasteiger partial charge in [0.05, 0.1) is 26.7 Å². The van der Waals surface area contributed by atoms with Crippen LogP contribution in [-0.4, -0.2) is 43.5 Å². The summed E-state index contributed by atoms with van der Waals surface area (Å²) >= 11 is 0. The summed E-state index contributed by atoms with van der Waals surface area (Å²) in [6, 6.07) is 0. The van der Waals surface area contributed by atoms with Crippen LogP contribution in [0.4, 0.5) is 0 Å². The van der Waals surface area contributed by atoms with Crippen LogP contribution in [0.25, 0.3) is 0 Å². The summed E-state index contributed by atoms with van der Waals surface area (Å²) < 4.78 is 34.0. The number of carbonyl (C=O) groups excluding carboxylic acids is 2. The molecule has 1 atom stereocenters. The first-order valence-corrected chi connectivity index (χ1v) is 11.2. The van der Waals surface area contributed by atoms with Crippen molar-refractivity contribution in [3.63, 3.8) is 0 Å². The largest absolute Gasteiger partial charge is 0.468 e. The summed E-state index contributed by atoms with van der Waals surface area (Å²) in [4.78, 5) is 24.7. The van der Waals surface area contributed by atoms with E-state index in [0.717, 1.165) is 25.7 Å². The number of carbonyl (C=O) groups is 2. The molecule has 2 rings (SSSR count). The summed E-state index contributed by atoms with van der Waals surface area (Å²) in [5, 5.41) is 0. The molecule has 0 aromatic carbocycles. The average Bonchev–Trinajstić information content (AvgIpc) is 3.41. The fourth-order valence-electron chi connectivity index (χ4n) is 3.81. The van der Waals surface area contributed by atoms with Gasteiger partial charge in [0, 0.05) is 0 Å². The van der Waals surface area contributed by atoms with E-state index in [9.17, 15) is 14.2 Å². The number of hydrogen-bond donors (Lipinski definition) is 0. The topological polar surface area (TPSA) is 88.1 Å². The van der Waals surface area contributed by atoms with Crippen LogP contribution in [0, 0.1) is 5.92 Å². The smallest absolute Gasteiger partial charge is 0.345 e. The van der Waals surface area contributed by atoms with Gasteiger partial charge in [-0.25, -0.2) is 0 Å². The van der Waals surface area contributed by atoms with Crippen molar-refractivity contribution < 1.29 is 32.7 Å². The van der Waals surface area contributed by atoms with Crippen LogP contribution in [0.15, 0.2) is 0 Å². The lowest BCUT2D eigenvalue weighted by atomic mass is 9.83. The summed E-state index contributed by atoms with van der Waals surface area (Å²) in [5.41, 5.74) is -1.69. The standard InChI is InChI=1S/C18H31O7P/c1-4-23-26(21,24-5-2)15(17(20)22-3)13-16(19)25-18(11-12-18)14-9-7-6-8-10-14/h14-15H,4-13H2,1-3H3. The zero-order valence-electron chi connectivity index (χ0n) is 16.0. The van der Waals surface area contributed by atoms with Gasteiger partial charge in [0.25, 0.3) is 0 Å². The average molecular weight is 390 g/mol. The van der Waals surface area contributed by atoms with Crippen molar-refractivity contribution in [3.05, 3.63) is 0 Å². The highest BCUT2D eigenvalue weighted by atomic mass is 31.2. The number of methoxy groups -OCH3 is 1. The number of hydrogen-bond acceptors (Lipinski definition) is 7. The van der Waals surface area contributed by atoms with Gasteiger partial charge in [0.15, 0.2) is 5.66 Å². The summed E-state index contributed by atoms with van der Waals surface area (Å²) in [7, 11) is -2.62. The third kappa shape index (κ3) is 5.08. The molecule has 26 heavy (non-hydrogen) atoms. The Bertz CT molecular complexity index is 528. The molecule has 2 fully saturated rings. The highest BCUT2D eigenvalue weighted by Gasteiger charge is 2.54. The molecule has 0 spiro atoms. The molecule has 0 aliphatic heterocycles. The van der Waals surface area contributed by atoms with Crippen LogP contribution in [-0.2, 0) is 32.7 Å². The van der Waals surface area contributed by atoms with E-state index >= 15 is 0 Å². The van der Waals surface area contributed by atoms with Crippen molar-refractivity contribution in [2.24, 2.45) is 5.92 Å². The van der Waals surface area contributed by atoms with Gasteiger partial charge in [-0.05, 0) is 45.4 Å². The van der Waals surface area contributed by atoms with Crippen molar-refractivity contribution in [1.82, 2.24) is 0 Å². The maximum absolute atomic E-state index is 13.0. The van der Waals surface area contributed by atoms with Crippen LogP contribution in [0.1, 0.15) is 65.2 Å². The lowest BCUT2D eigenvalue weighted by Gasteiger charge is -2.31. The van der Waals surface area contributed by atoms with E-state index in [1.165, 1.54) is 26.4 Å². The molecule has 2 aliphatic carbocycles. The molecule has 0 aromatic heterocycles. The van der Waals surface area contributed by atoms with Gasteiger partial charge in [-0.3, -0.25) is 14.2 Å². The predicted molar refractivity (Wildman–Crippen MR) is 95.9 cm³/mol. The Labute approximate surface area is 155 Å². The van der Waals surface area contributed by atoms with Gasteiger partial charge in [-0.1, -0.05) is 19.3 Å². The van der Waals surface area contributed by atoms with Crippen LogP contribution in [0.2, 0.25) is 0 Å². The Morgan fingerprint density at radius 2 is 1.65 bits per heavy atom. The molecular formula is C18H31O7P. The Morgan fingerprint density at radius 1 is 1.08 bits per heavy atom. The monoisotopic (exact) mass is 390 g/mol. The molecule has 1 unspecified atom stereocenters. The fraction of sp³-hybridized carbons (Fsp3) is 0.889. The molecule has 0 bridgehead atoms. The third-order valence-electron chi connectivity index (χ3n) is 5.24. The quantitative estimate of drug-likeness (QED) is 0.414. The van der Waals surface area contributed by atoms with Crippen molar-refractivity contribution in [2.75, 3.05) is 20.3 Å². The molecule has 2 aliphatic rings. The maximum atomic E-state index is 13.0. The first-order chi connectivity index (χ1) is 12.4. The highest BCUT2D eigenvalue weighted by molar-refractivity contribution is 7.55. The summed E-state index contributed by atoms with van der Waals surface area (Å²) in [6.45, 7) is 3.51. The van der Waals surface area contributed by atoms with Crippen LogP contribution in [0.3, 0.4) is 0 Å². The van der Waals surface area contributed by atoms with Crippen LogP contribution in [0.5, 0.6) is 0 Å². The minimum Gasteiger partial charge on any atom is -0.468 e. The van der Waals surface area contributed by atoms with Crippen molar-refractivity contribution in [2.45, 2.75) is 76.5 Å². The molecular weight excluding hydrogens is 359 g/mol. The number of rotatable bonds is 10. The van der Waals surface area contributed by atoms with Crippen molar-refractivity contribution in [1.29, 1.82) is 0 Å². The molecule has 8 heteroatoms. The second-order valence-corrected chi connectivity index (χ2v) is 9.21. The molecule has 0 radical (unpaired) electrons. The highest BCUT2D eigenvalue weighted by Crippen LogP contribution is 2.56. The first-order valence-electron chi connectivity index (χ1n) is 9.59. The maximum Gasteiger partial charge on any atom is 0.345 e. The summed E-state index contributed by atoms with van der Waals surface area (Å²) in [5.74, 6) is -0.930. The van der Waals surface area contributed by atoms with Crippen molar-refractivity contribution in [3.8, 4) is 0 Å². The lowest BCUT2D eigenvalue weighted by molar-refractivity contribution is -0.158. The van der Waals surface area contributed by atoms with E-state index < -0.39 is 25.2 Å². The van der Waals surface area contributed by atoms with E-state index in [4.69, 9.17) is 18.5 Å². The molecule has 7 nitrogen and oxygen atoms in total. The Hall–Kier alpha value is -0.910. The molecule has 0 saturated heterocycles. The molecule has 2 saturated carbocycles. The lowest BCUT2D eigenvalue weighted by Crippen LogP contribution is -2.34. The van der Waals surface area contributed by atoms with Gasteiger partial charge >= 0.3 is 19.5 Å². The van der Waals surface area contributed by atoms with Crippen LogP contribution < -0.4 is 0 Å². The van der Waals surface area contributed by atoms with Gasteiger partial charge in [-0.15, -0.1) is 0 Å². The SMILES string of the molecule is CCOP(=O)(OCC)C(CC(=O)OC1(C2CCCCC2)CC1)C(=O)OC. The predicted octanol–water partition coefficient (Wildman–Crippen LogP) is 3.84. The molecule has 0 amide bonds. The third-order valence-corrected chi connectivity index (χ3v) is 7.64. The minimum atomic E-state index is -3.81. The normalized spacial score (nSPS) is 21.0.